The predicted octanol–water partition coefficient (Wildman–Crippen LogP) is 2.66. The van der Waals surface area contributed by atoms with Crippen LogP contribution in [0.2, 0.25) is 5.02 Å². The fourth-order valence-corrected chi connectivity index (χ4v) is 4.44. The maximum absolute atomic E-state index is 12.7. The molecule has 1 fully saturated rings. The Kier molecular flexibility index (Phi) is 5.29. The molecular formula is C20H17ClN4O3S. The van der Waals surface area contributed by atoms with E-state index in [1.165, 1.54) is 21.3 Å². The highest BCUT2D eigenvalue weighted by molar-refractivity contribution is 8.00. The third-order valence-electron chi connectivity index (χ3n) is 4.59. The minimum Gasteiger partial charge on any atom is -0.296 e. The van der Waals surface area contributed by atoms with E-state index in [2.05, 4.69) is 10.4 Å². The van der Waals surface area contributed by atoms with E-state index in [1.54, 1.807) is 37.3 Å². The number of para-hydroxylation sites is 2. The average molecular weight is 429 g/mol. The highest BCUT2D eigenvalue weighted by atomic mass is 35.5. The van der Waals surface area contributed by atoms with Gasteiger partial charge in [0.25, 0.3) is 17.4 Å². The van der Waals surface area contributed by atoms with E-state index in [-0.39, 0.29) is 29.1 Å². The molecule has 0 aliphatic carbocycles. The van der Waals surface area contributed by atoms with Gasteiger partial charge >= 0.3 is 0 Å². The maximum Gasteiger partial charge on any atom is 0.272 e. The van der Waals surface area contributed by atoms with Crippen LogP contribution < -0.4 is 11.0 Å². The Hall–Kier alpha value is -2.84. The molecule has 1 N–H and O–H groups in total. The van der Waals surface area contributed by atoms with Crippen molar-refractivity contribution < 1.29 is 9.59 Å². The van der Waals surface area contributed by atoms with E-state index in [0.717, 1.165) is 5.56 Å². The average Bonchev–Trinajstić information content (AvgIpc) is 3.06. The van der Waals surface area contributed by atoms with Crippen molar-refractivity contribution in [3.63, 3.8) is 0 Å². The van der Waals surface area contributed by atoms with Gasteiger partial charge in [0.15, 0.2) is 0 Å². The number of aryl methyl sites for hydroxylation is 1. The fourth-order valence-electron chi connectivity index (χ4n) is 3.21. The van der Waals surface area contributed by atoms with Crippen LogP contribution in [0.5, 0.6) is 0 Å². The number of thioether (sulfide) groups is 1. The molecule has 0 radical (unpaired) electrons. The van der Waals surface area contributed by atoms with E-state index in [9.17, 15) is 14.4 Å². The lowest BCUT2D eigenvalue weighted by atomic mass is 10.2. The Morgan fingerprint density at radius 2 is 1.93 bits per heavy atom. The molecule has 2 heterocycles. The van der Waals surface area contributed by atoms with Gasteiger partial charge in [-0.2, -0.15) is 0 Å². The monoisotopic (exact) mass is 428 g/mol. The Labute approximate surface area is 175 Å². The van der Waals surface area contributed by atoms with Gasteiger partial charge in [-0.3, -0.25) is 24.4 Å². The third-order valence-corrected chi connectivity index (χ3v) is 6.05. The molecule has 0 bridgehead atoms. The van der Waals surface area contributed by atoms with Gasteiger partial charge < -0.3 is 0 Å². The molecule has 1 aromatic heterocycles. The summed E-state index contributed by atoms with van der Waals surface area (Å²) in [6.45, 7) is 1.39. The minimum absolute atomic E-state index is 0.202. The molecule has 1 unspecified atom stereocenters. The summed E-state index contributed by atoms with van der Waals surface area (Å²) in [5.74, 6) is -0.408. The first-order valence-electron chi connectivity index (χ1n) is 8.89. The zero-order chi connectivity index (χ0) is 20.5. The number of hydrazine groups is 1. The molecule has 2 amide bonds. The van der Waals surface area contributed by atoms with Crippen molar-refractivity contribution in [1.29, 1.82) is 0 Å². The van der Waals surface area contributed by atoms with Crippen molar-refractivity contribution in [1.82, 2.24) is 20.0 Å². The van der Waals surface area contributed by atoms with Gasteiger partial charge in [-0.15, -0.1) is 11.8 Å². The molecule has 0 saturated carbocycles. The van der Waals surface area contributed by atoms with Crippen LogP contribution in [0.4, 0.5) is 0 Å². The molecule has 7 nitrogen and oxygen atoms in total. The van der Waals surface area contributed by atoms with Crippen molar-refractivity contribution in [2.75, 3.05) is 5.75 Å². The Bertz CT molecular complexity index is 1160. The number of rotatable bonds is 4. The van der Waals surface area contributed by atoms with Crippen molar-refractivity contribution in [3.05, 3.63) is 75.2 Å². The number of carbonyl (C=O) groups excluding carboxylic acids is 2. The second kappa shape index (κ2) is 7.88. The van der Waals surface area contributed by atoms with Gasteiger partial charge in [0.05, 0.1) is 16.8 Å². The largest absolute Gasteiger partial charge is 0.296 e. The number of halogens is 1. The van der Waals surface area contributed by atoms with Crippen molar-refractivity contribution in [2.24, 2.45) is 0 Å². The number of nitrogens with one attached hydrogen (secondary N) is 1. The molecule has 1 saturated heterocycles. The smallest absolute Gasteiger partial charge is 0.272 e. The van der Waals surface area contributed by atoms with Gasteiger partial charge in [-0.1, -0.05) is 35.9 Å². The third kappa shape index (κ3) is 3.86. The highest BCUT2D eigenvalue weighted by Gasteiger charge is 2.34. The van der Waals surface area contributed by atoms with Gasteiger partial charge in [0, 0.05) is 5.02 Å². The molecule has 4 rings (SSSR count). The summed E-state index contributed by atoms with van der Waals surface area (Å²) < 4.78 is 1.37. The zero-order valence-corrected chi connectivity index (χ0v) is 17.0. The molecule has 1 aliphatic heterocycles. The van der Waals surface area contributed by atoms with Crippen molar-refractivity contribution in [2.45, 2.75) is 18.8 Å². The van der Waals surface area contributed by atoms with Gasteiger partial charge in [-0.25, -0.2) is 9.99 Å². The van der Waals surface area contributed by atoms with E-state index in [0.29, 0.717) is 21.7 Å². The van der Waals surface area contributed by atoms with Crippen LogP contribution in [-0.2, 0) is 16.1 Å². The number of aromatic nitrogens is 2. The number of carbonyl (C=O) groups is 2. The predicted molar refractivity (Wildman–Crippen MR) is 112 cm³/mol. The number of benzene rings is 2. The summed E-state index contributed by atoms with van der Waals surface area (Å²) in [6.07, 6.45) is 0. The van der Waals surface area contributed by atoms with Gasteiger partial charge in [0.2, 0.25) is 0 Å². The number of fused-ring (bicyclic) bond motifs is 1. The molecular weight excluding hydrogens is 412 g/mol. The van der Waals surface area contributed by atoms with Crippen LogP contribution in [0.3, 0.4) is 0 Å². The van der Waals surface area contributed by atoms with Crippen LogP contribution in [0.15, 0.2) is 53.3 Å². The van der Waals surface area contributed by atoms with Crippen LogP contribution in [-0.4, -0.2) is 32.1 Å². The van der Waals surface area contributed by atoms with Gasteiger partial charge in [-0.05, 0) is 36.8 Å². The Balaban J connectivity index is 1.59. The summed E-state index contributed by atoms with van der Waals surface area (Å²) in [4.78, 5) is 41.9. The number of hydrogen-bond donors (Lipinski definition) is 1. The maximum atomic E-state index is 12.7. The summed E-state index contributed by atoms with van der Waals surface area (Å²) in [7, 11) is 0. The van der Waals surface area contributed by atoms with E-state index in [1.807, 2.05) is 18.2 Å². The molecule has 29 heavy (non-hydrogen) atoms. The normalized spacial score (nSPS) is 16.4. The summed E-state index contributed by atoms with van der Waals surface area (Å²) in [6, 6.07) is 14.3. The first-order valence-corrected chi connectivity index (χ1v) is 10.3. The van der Waals surface area contributed by atoms with Crippen molar-refractivity contribution >= 4 is 46.2 Å². The first-order chi connectivity index (χ1) is 13.9. The Morgan fingerprint density at radius 1 is 1.21 bits per heavy atom. The van der Waals surface area contributed by atoms with E-state index < -0.39 is 5.91 Å². The Morgan fingerprint density at radius 3 is 2.69 bits per heavy atom. The van der Waals surface area contributed by atoms with Crippen molar-refractivity contribution in [3.8, 4) is 0 Å². The summed E-state index contributed by atoms with van der Waals surface area (Å²) >= 11 is 7.35. The summed E-state index contributed by atoms with van der Waals surface area (Å²) in [5.41, 5.74) is 4.68. The minimum atomic E-state index is -0.460. The summed E-state index contributed by atoms with van der Waals surface area (Å²) in [5, 5.41) is 1.56. The molecule has 3 aromatic rings. The highest BCUT2D eigenvalue weighted by Crippen LogP contribution is 2.37. The second-order valence-corrected chi connectivity index (χ2v) is 8.10. The standard InChI is InChI=1S/C20H17ClN4O3S/c1-12-19(28)24(16-5-3-2-4-15(16)22-12)10-17(26)23-25-18(27)11-29-20(25)13-6-8-14(21)9-7-13/h2-9,20H,10-11H2,1H3,(H,23,26). The number of nitrogens with zero attached hydrogens (tertiary/aromatic N) is 3. The van der Waals surface area contributed by atoms with Crippen LogP contribution in [0.25, 0.3) is 11.0 Å². The molecule has 9 heteroatoms. The quantitative estimate of drug-likeness (QED) is 0.690. The lowest BCUT2D eigenvalue weighted by Gasteiger charge is -2.25. The number of amides is 2. The van der Waals surface area contributed by atoms with Crippen LogP contribution in [0.1, 0.15) is 16.6 Å². The SMILES string of the molecule is Cc1nc2ccccc2n(CC(=O)NN2C(=O)CSC2c2ccc(Cl)cc2)c1=O. The van der Waals surface area contributed by atoms with Crippen LogP contribution in [0, 0.1) is 6.92 Å². The molecule has 148 valence electrons. The van der Waals surface area contributed by atoms with Gasteiger partial charge in [0.1, 0.15) is 17.6 Å². The number of hydrogen-bond acceptors (Lipinski definition) is 5. The lowest BCUT2D eigenvalue weighted by Crippen LogP contribution is -2.46. The molecule has 1 atom stereocenters. The first kappa shape index (κ1) is 19.5. The van der Waals surface area contributed by atoms with E-state index >= 15 is 0 Å². The zero-order valence-electron chi connectivity index (χ0n) is 15.5. The topological polar surface area (TPSA) is 84.3 Å². The second-order valence-electron chi connectivity index (χ2n) is 6.59. The van der Waals surface area contributed by atoms with E-state index in [4.69, 9.17) is 11.6 Å². The molecule has 1 aliphatic rings. The lowest BCUT2D eigenvalue weighted by molar-refractivity contribution is -0.139. The molecule has 0 spiro atoms. The molecule has 2 aromatic carbocycles. The fraction of sp³-hybridized carbons (Fsp3) is 0.200. The van der Waals surface area contributed by atoms with Crippen LogP contribution >= 0.6 is 23.4 Å².